The lowest BCUT2D eigenvalue weighted by Gasteiger charge is -1.99. The summed E-state index contributed by atoms with van der Waals surface area (Å²) in [6.45, 7) is 1.25. The first kappa shape index (κ1) is 9.96. The Hall–Kier alpha value is -1.12. The van der Waals surface area contributed by atoms with Crippen molar-refractivity contribution in [2.75, 3.05) is 13.7 Å². The molecular weight excluding hydrogens is 162 g/mol. The molecule has 0 amide bonds. The molecule has 0 saturated heterocycles. The van der Waals surface area contributed by atoms with Gasteiger partial charge in [0.15, 0.2) is 0 Å². The molecule has 2 N–H and O–H groups in total. The highest BCUT2D eigenvalue weighted by Crippen LogP contribution is 2.06. The Kier molecular flexibility index (Phi) is 4.23. The van der Waals surface area contributed by atoms with Gasteiger partial charge in [-0.05, 0) is 11.1 Å². The van der Waals surface area contributed by atoms with Gasteiger partial charge >= 0.3 is 0 Å². The Morgan fingerprint density at radius 3 is 2.54 bits per heavy atom. The molecule has 2 nitrogen and oxygen atoms in total. The average Bonchev–Trinajstić information content (AvgIpc) is 2.17. The summed E-state index contributed by atoms with van der Waals surface area (Å²) >= 11 is 0. The molecule has 0 aliphatic heterocycles. The maximum atomic E-state index is 5.35. The zero-order chi connectivity index (χ0) is 9.52. The van der Waals surface area contributed by atoms with E-state index in [0.29, 0.717) is 13.2 Å². The van der Waals surface area contributed by atoms with Gasteiger partial charge in [-0.15, -0.1) is 0 Å². The molecule has 0 fully saturated rings. The molecule has 0 heterocycles. The Labute approximate surface area is 79.0 Å². The second-order valence-corrected chi connectivity index (χ2v) is 2.81. The van der Waals surface area contributed by atoms with Gasteiger partial charge < -0.3 is 10.5 Å². The lowest BCUT2D eigenvalue weighted by Crippen LogP contribution is -1.92. The van der Waals surface area contributed by atoms with Crippen molar-refractivity contribution in [1.82, 2.24) is 0 Å². The van der Waals surface area contributed by atoms with Gasteiger partial charge in [0.1, 0.15) is 0 Å². The average molecular weight is 177 g/mol. The zero-order valence-electron chi connectivity index (χ0n) is 7.86. The number of hydrogen-bond donors (Lipinski definition) is 1. The van der Waals surface area contributed by atoms with Crippen molar-refractivity contribution in [3.8, 4) is 0 Å². The van der Waals surface area contributed by atoms with Crippen LogP contribution in [-0.4, -0.2) is 13.7 Å². The van der Waals surface area contributed by atoms with Crippen LogP contribution < -0.4 is 5.73 Å². The molecule has 0 saturated carbocycles. The minimum Gasteiger partial charge on any atom is -0.380 e. The highest BCUT2D eigenvalue weighted by molar-refractivity contribution is 5.49. The van der Waals surface area contributed by atoms with Crippen molar-refractivity contribution in [3.63, 3.8) is 0 Å². The quantitative estimate of drug-likeness (QED) is 0.761. The van der Waals surface area contributed by atoms with Crippen molar-refractivity contribution in [2.45, 2.75) is 6.61 Å². The molecule has 0 aliphatic rings. The first-order valence-corrected chi connectivity index (χ1v) is 4.31. The lowest BCUT2D eigenvalue weighted by molar-refractivity contribution is 0.185. The molecule has 0 aromatic heterocycles. The third-order valence-electron chi connectivity index (χ3n) is 1.74. The third-order valence-corrected chi connectivity index (χ3v) is 1.74. The predicted molar refractivity (Wildman–Crippen MR) is 55.2 cm³/mol. The summed E-state index contributed by atoms with van der Waals surface area (Å²) in [5, 5.41) is 0. The summed E-state index contributed by atoms with van der Waals surface area (Å²) in [4.78, 5) is 0. The Bertz CT molecular complexity index is 264. The fraction of sp³-hybridized carbons (Fsp3) is 0.273. The van der Waals surface area contributed by atoms with E-state index in [9.17, 15) is 0 Å². The van der Waals surface area contributed by atoms with Gasteiger partial charge in [-0.2, -0.15) is 0 Å². The van der Waals surface area contributed by atoms with Gasteiger partial charge in [-0.1, -0.05) is 36.4 Å². The zero-order valence-corrected chi connectivity index (χ0v) is 7.86. The van der Waals surface area contributed by atoms with E-state index in [0.717, 1.165) is 0 Å². The fourth-order valence-corrected chi connectivity index (χ4v) is 1.10. The van der Waals surface area contributed by atoms with E-state index < -0.39 is 0 Å². The fourth-order valence-electron chi connectivity index (χ4n) is 1.10. The van der Waals surface area contributed by atoms with Crippen LogP contribution in [0.1, 0.15) is 11.1 Å². The van der Waals surface area contributed by atoms with E-state index in [2.05, 4.69) is 24.3 Å². The van der Waals surface area contributed by atoms with Crippen LogP contribution in [0.4, 0.5) is 0 Å². The van der Waals surface area contributed by atoms with Gasteiger partial charge in [-0.25, -0.2) is 0 Å². The molecule has 1 aromatic rings. The van der Waals surface area contributed by atoms with Crippen LogP contribution >= 0.6 is 0 Å². The third kappa shape index (κ3) is 3.40. The summed E-state index contributed by atoms with van der Waals surface area (Å²) < 4.78 is 5.01. The van der Waals surface area contributed by atoms with Crippen molar-refractivity contribution >= 4 is 6.08 Å². The van der Waals surface area contributed by atoms with Gasteiger partial charge in [-0.3, -0.25) is 0 Å². The first-order valence-electron chi connectivity index (χ1n) is 4.31. The van der Waals surface area contributed by atoms with Crippen LogP contribution in [0.25, 0.3) is 6.08 Å². The largest absolute Gasteiger partial charge is 0.380 e. The Morgan fingerprint density at radius 1 is 1.31 bits per heavy atom. The summed E-state index contributed by atoms with van der Waals surface area (Å²) in [6.07, 6.45) is 3.95. The Morgan fingerprint density at radius 2 is 2.00 bits per heavy atom. The molecule has 0 unspecified atom stereocenters. The molecule has 0 aliphatic carbocycles. The topological polar surface area (TPSA) is 35.2 Å². The monoisotopic (exact) mass is 177 g/mol. The SMILES string of the molecule is COCc1ccc(C=CCN)cc1. The van der Waals surface area contributed by atoms with Crippen LogP contribution in [0.15, 0.2) is 30.3 Å². The van der Waals surface area contributed by atoms with E-state index in [4.69, 9.17) is 10.5 Å². The molecular formula is C11H15NO. The van der Waals surface area contributed by atoms with Gasteiger partial charge in [0.05, 0.1) is 6.61 Å². The number of hydrogen-bond acceptors (Lipinski definition) is 2. The molecule has 0 spiro atoms. The van der Waals surface area contributed by atoms with Gasteiger partial charge in [0.25, 0.3) is 0 Å². The maximum Gasteiger partial charge on any atom is 0.0713 e. The number of methoxy groups -OCH3 is 1. The predicted octanol–water partition coefficient (Wildman–Crippen LogP) is 1.80. The van der Waals surface area contributed by atoms with E-state index in [1.807, 2.05) is 12.2 Å². The molecule has 0 bridgehead atoms. The molecule has 1 rings (SSSR count). The van der Waals surface area contributed by atoms with Crippen LogP contribution in [0.3, 0.4) is 0 Å². The summed E-state index contributed by atoms with van der Waals surface area (Å²) in [7, 11) is 1.70. The summed E-state index contributed by atoms with van der Waals surface area (Å²) in [5.41, 5.74) is 7.71. The second-order valence-electron chi connectivity index (χ2n) is 2.81. The minimum absolute atomic E-state index is 0.583. The number of ether oxygens (including phenoxy) is 1. The standard InChI is InChI=1S/C11H15NO/c1-13-9-11-6-4-10(5-7-11)3-2-8-12/h2-7H,8-9,12H2,1H3. The van der Waals surface area contributed by atoms with E-state index in [-0.39, 0.29) is 0 Å². The molecule has 0 radical (unpaired) electrons. The highest BCUT2D eigenvalue weighted by atomic mass is 16.5. The van der Waals surface area contributed by atoms with E-state index >= 15 is 0 Å². The van der Waals surface area contributed by atoms with Crippen molar-refractivity contribution in [1.29, 1.82) is 0 Å². The lowest BCUT2D eigenvalue weighted by atomic mass is 10.1. The smallest absolute Gasteiger partial charge is 0.0713 e. The van der Waals surface area contributed by atoms with Gasteiger partial charge in [0.2, 0.25) is 0 Å². The van der Waals surface area contributed by atoms with Crippen LogP contribution in [0, 0.1) is 0 Å². The second kappa shape index (κ2) is 5.51. The van der Waals surface area contributed by atoms with E-state index in [1.165, 1.54) is 11.1 Å². The minimum atomic E-state index is 0.583. The van der Waals surface area contributed by atoms with Crippen molar-refractivity contribution in [3.05, 3.63) is 41.5 Å². The summed E-state index contributed by atoms with van der Waals surface area (Å²) in [6, 6.07) is 8.22. The van der Waals surface area contributed by atoms with Crippen LogP contribution in [0.2, 0.25) is 0 Å². The van der Waals surface area contributed by atoms with Crippen LogP contribution in [-0.2, 0) is 11.3 Å². The maximum absolute atomic E-state index is 5.35. The molecule has 2 heteroatoms. The molecule has 13 heavy (non-hydrogen) atoms. The number of benzene rings is 1. The normalized spacial score (nSPS) is 10.9. The summed E-state index contributed by atoms with van der Waals surface area (Å²) in [5.74, 6) is 0. The molecule has 1 aromatic carbocycles. The highest BCUT2D eigenvalue weighted by Gasteiger charge is 1.90. The van der Waals surface area contributed by atoms with E-state index in [1.54, 1.807) is 7.11 Å². The van der Waals surface area contributed by atoms with Crippen molar-refractivity contribution < 1.29 is 4.74 Å². The molecule has 70 valence electrons. The molecule has 0 atom stereocenters. The Balaban J connectivity index is 2.64. The number of nitrogens with two attached hydrogens (primary N) is 1. The van der Waals surface area contributed by atoms with Gasteiger partial charge in [0, 0.05) is 13.7 Å². The number of rotatable bonds is 4. The first-order chi connectivity index (χ1) is 6.36. The van der Waals surface area contributed by atoms with Crippen LogP contribution in [0.5, 0.6) is 0 Å². The van der Waals surface area contributed by atoms with Crippen molar-refractivity contribution in [2.24, 2.45) is 5.73 Å².